The van der Waals surface area contributed by atoms with Crippen molar-refractivity contribution >= 4 is 12.0 Å². The zero-order valence-electron chi connectivity index (χ0n) is 14.9. The average molecular weight is 336 g/mol. The number of ether oxygens (including phenoxy) is 2. The highest BCUT2D eigenvalue weighted by atomic mass is 16.5. The van der Waals surface area contributed by atoms with Gasteiger partial charge in [-0.15, -0.1) is 0 Å². The molecule has 0 N–H and O–H groups in total. The van der Waals surface area contributed by atoms with Gasteiger partial charge in [-0.1, -0.05) is 49.4 Å². The second-order valence-corrected chi connectivity index (χ2v) is 6.50. The van der Waals surface area contributed by atoms with E-state index in [0.717, 1.165) is 12.0 Å². The van der Waals surface area contributed by atoms with Crippen LogP contribution in [0.4, 0.5) is 0 Å². The number of rotatable bonds is 4. The summed E-state index contributed by atoms with van der Waals surface area (Å²) in [4.78, 5) is 11.4. The molecule has 0 aromatic heterocycles. The summed E-state index contributed by atoms with van der Waals surface area (Å²) in [7, 11) is 0. The first-order valence-corrected chi connectivity index (χ1v) is 8.73. The Kier molecular flexibility index (Phi) is 5.22. The average Bonchev–Trinajstić information content (AvgIpc) is 2.63. The Morgan fingerprint density at radius 3 is 2.92 bits per heavy atom. The molecule has 1 aromatic carbocycles. The van der Waals surface area contributed by atoms with Gasteiger partial charge in [0.25, 0.3) is 0 Å². The van der Waals surface area contributed by atoms with Gasteiger partial charge in [-0.3, -0.25) is 4.79 Å². The largest absolute Gasteiger partial charge is 0.493 e. The van der Waals surface area contributed by atoms with E-state index in [-0.39, 0.29) is 18.0 Å². The number of fused-ring (bicyclic) bond motifs is 3. The molecule has 0 saturated carbocycles. The van der Waals surface area contributed by atoms with Crippen molar-refractivity contribution in [3.8, 4) is 0 Å². The van der Waals surface area contributed by atoms with Crippen molar-refractivity contribution < 1.29 is 14.3 Å². The summed E-state index contributed by atoms with van der Waals surface area (Å²) in [5.74, 6) is 0.630. The van der Waals surface area contributed by atoms with Gasteiger partial charge in [0.2, 0.25) is 0 Å². The van der Waals surface area contributed by atoms with E-state index < -0.39 is 0 Å². The zero-order valence-corrected chi connectivity index (χ0v) is 14.9. The molecule has 3 heteroatoms. The van der Waals surface area contributed by atoms with Crippen LogP contribution in [0.1, 0.15) is 44.2 Å². The maximum absolute atomic E-state index is 11.4. The van der Waals surface area contributed by atoms with E-state index in [9.17, 15) is 4.79 Å². The minimum Gasteiger partial charge on any atom is -0.493 e. The first-order chi connectivity index (χ1) is 12.1. The van der Waals surface area contributed by atoms with Crippen LogP contribution in [-0.2, 0) is 14.3 Å². The summed E-state index contributed by atoms with van der Waals surface area (Å²) in [6, 6.07) is 8.45. The van der Waals surface area contributed by atoms with Gasteiger partial charge >= 0.3 is 5.97 Å². The van der Waals surface area contributed by atoms with E-state index in [2.05, 4.69) is 43.3 Å². The van der Waals surface area contributed by atoms with Gasteiger partial charge in [0, 0.05) is 18.8 Å². The number of carbonyl (C=O) groups excluding carboxylic acids is 1. The molecule has 0 spiro atoms. The van der Waals surface area contributed by atoms with E-state index in [1.54, 1.807) is 0 Å². The number of hydrogen-bond donors (Lipinski definition) is 0. The van der Waals surface area contributed by atoms with Gasteiger partial charge in [0.15, 0.2) is 0 Å². The predicted molar refractivity (Wildman–Crippen MR) is 99.6 cm³/mol. The highest BCUT2D eigenvalue weighted by Gasteiger charge is 2.33. The van der Waals surface area contributed by atoms with Gasteiger partial charge in [-0.05, 0) is 42.2 Å². The van der Waals surface area contributed by atoms with Crippen LogP contribution < -0.4 is 0 Å². The van der Waals surface area contributed by atoms with Crippen LogP contribution in [0.5, 0.6) is 0 Å². The lowest BCUT2D eigenvalue weighted by Gasteiger charge is -2.35. The smallest absolute Gasteiger partial charge is 0.307 e. The second kappa shape index (κ2) is 7.56. The summed E-state index contributed by atoms with van der Waals surface area (Å²) in [6.07, 6.45) is 12.7. The molecule has 25 heavy (non-hydrogen) atoms. The van der Waals surface area contributed by atoms with Crippen LogP contribution in [0.25, 0.3) is 6.08 Å². The molecule has 0 amide bonds. The van der Waals surface area contributed by atoms with Crippen molar-refractivity contribution in [2.24, 2.45) is 5.92 Å². The van der Waals surface area contributed by atoms with Crippen molar-refractivity contribution in [2.45, 2.75) is 39.2 Å². The molecular weight excluding hydrogens is 312 g/mol. The molecule has 3 atom stereocenters. The lowest BCUT2D eigenvalue weighted by Crippen LogP contribution is -2.27. The number of esters is 1. The van der Waals surface area contributed by atoms with Crippen LogP contribution in [0.15, 0.2) is 66.2 Å². The summed E-state index contributed by atoms with van der Waals surface area (Å²) in [5, 5.41) is 0. The number of hydrogen-bond acceptors (Lipinski definition) is 3. The Bertz CT molecular complexity index is 767. The first kappa shape index (κ1) is 17.3. The normalized spacial score (nSPS) is 23.3. The second-order valence-electron chi connectivity index (χ2n) is 6.50. The fourth-order valence-electron chi connectivity index (χ4n) is 3.43. The Morgan fingerprint density at radius 2 is 2.16 bits per heavy atom. The van der Waals surface area contributed by atoms with Crippen LogP contribution in [0.2, 0.25) is 0 Å². The molecule has 1 aliphatic heterocycles. The molecule has 3 nitrogen and oxygen atoms in total. The molecule has 1 heterocycles. The van der Waals surface area contributed by atoms with Gasteiger partial charge in [-0.2, -0.15) is 0 Å². The molecule has 1 aliphatic carbocycles. The lowest BCUT2D eigenvalue weighted by atomic mass is 9.78. The Morgan fingerprint density at radius 1 is 1.36 bits per heavy atom. The molecule has 0 radical (unpaired) electrons. The van der Waals surface area contributed by atoms with Crippen molar-refractivity contribution in [2.75, 3.05) is 0 Å². The monoisotopic (exact) mass is 336 g/mol. The van der Waals surface area contributed by atoms with E-state index in [0.29, 0.717) is 11.7 Å². The standard InChI is InChI=1S/C22H24O3/c1-4-5-10-21(25-16(3)23)15(2)18-13-20-19-9-7-6-8-17(19)11-12-22(20)24-14-18/h4-12,14-15,20,22H,13H2,1-3H3/b5-4-,21-10+. The molecule has 3 unspecified atom stereocenters. The van der Waals surface area contributed by atoms with Gasteiger partial charge < -0.3 is 9.47 Å². The van der Waals surface area contributed by atoms with Gasteiger partial charge in [0.1, 0.15) is 11.9 Å². The third-order valence-electron chi connectivity index (χ3n) is 4.79. The molecule has 0 bridgehead atoms. The Labute approximate surface area is 149 Å². The van der Waals surface area contributed by atoms with Crippen LogP contribution in [0, 0.1) is 5.92 Å². The third-order valence-corrected chi connectivity index (χ3v) is 4.79. The zero-order chi connectivity index (χ0) is 17.8. The van der Waals surface area contributed by atoms with E-state index in [1.807, 2.05) is 31.4 Å². The Balaban J connectivity index is 1.85. The van der Waals surface area contributed by atoms with E-state index >= 15 is 0 Å². The fraction of sp³-hybridized carbons (Fsp3) is 0.318. The van der Waals surface area contributed by atoms with Crippen molar-refractivity contribution in [3.05, 3.63) is 77.3 Å². The highest BCUT2D eigenvalue weighted by Crippen LogP contribution is 2.42. The lowest BCUT2D eigenvalue weighted by molar-refractivity contribution is -0.137. The number of carbonyl (C=O) groups is 1. The van der Waals surface area contributed by atoms with Crippen molar-refractivity contribution in [1.29, 1.82) is 0 Å². The number of allylic oxidation sites excluding steroid dienone is 4. The molecule has 130 valence electrons. The SMILES string of the molecule is C/C=C\C=C(\OC(C)=O)C(C)C1=COC2C=Cc3ccccc3C2C1. The van der Waals surface area contributed by atoms with Crippen LogP contribution in [-0.4, -0.2) is 12.1 Å². The fourth-order valence-corrected chi connectivity index (χ4v) is 3.43. The molecule has 1 aromatic rings. The topological polar surface area (TPSA) is 35.5 Å². The Hall–Kier alpha value is -2.55. The van der Waals surface area contributed by atoms with E-state index in [1.165, 1.54) is 18.1 Å². The van der Waals surface area contributed by atoms with Crippen LogP contribution >= 0.6 is 0 Å². The highest BCUT2D eigenvalue weighted by molar-refractivity contribution is 5.67. The van der Waals surface area contributed by atoms with E-state index in [4.69, 9.17) is 9.47 Å². The summed E-state index contributed by atoms with van der Waals surface area (Å²) >= 11 is 0. The summed E-state index contributed by atoms with van der Waals surface area (Å²) in [6.45, 7) is 5.42. The summed E-state index contributed by atoms with van der Waals surface area (Å²) < 4.78 is 11.4. The molecule has 3 rings (SSSR count). The predicted octanol–water partition coefficient (Wildman–Crippen LogP) is 5.13. The quantitative estimate of drug-likeness (QED) is 0.434. The summed E-state index contributed by atoms with van der Waals surface area (Å²) in [5.41, 5.74) is 3.72. The third kappa shape index (κ3) is 3.76. The van der Waals surface area contributed by atoms with Crippen molar-refractivity contribution in [3.63, 3.8) is 0 Å². The first-order valence-electron chi connectivity index (χ1n) is 8.73. The molecule has 2 aliphatic rings. The van der Waals surface area contributed by atoms with Gasteiger partial charge in [-0.25, -0.2) is 0 Å². The maximum Gasteiger partial charge on any atom is 0.307 e. The van der Waals surface area contributed by atoms with Crippen LogP contribution in [0.3, 0.4) is 0 Å². The molecule has 0 fully saturated rings. The number of benzene rings is 1. The maximum atomic E-state index is 11.4. The minimum absolute atomic E-state index is 0.0147. The molecular formula is C22H24O3. The minimum atomic E-state index is -0.302. The van der Waals surface area contributed by atoms with Gasteiger partial charge in [0.05, 0.1) is 6.26 Å². The van der Waals surface area contributed by atoms with Crippen molar-refractivity contribution in [1.82, 2.24) is 0 Å². The molecule has 0 saturated heterocycles.